The number of carboxylic acids is 1. The molecule has 0 bridgehead atoms. The highest BCUT2D eigenvalue weighted by Gasteiger charge is 2.22. The smallest absolute Gasteiger partial charge is 0.304 e. The molecule has 0 unspecified atom stereocenters. The van der Waals surface area contributed by atoms with E-state index < -0.39 is 11.4 Å². The van der Waals surface area contributed by atoms with E-state index in [0.717, 1.165) is 21.9 Å². The van der Waals surface area contributed by atoms with Gasteiger partial charge in [-0.1, -0.05) is 25.4 Å². The van der Waals surface area contributed by atoms with Crippen molar-refractivity contribution >= 4 is 17.6 Å². The number of halogens is 1. The highest BCUT2D eigenvalue weighted by atomic mass is 35.5. The third kappa shape index (κ3) is 4.22. The summed E-state index contributed by atoms with van der Waals surface area (Å²) < 4.78 is 5.67. The molecule has 1 aromatic carbocycles. The number of carbonyl (C=O) groups is 1. The topological polar surface area (TPSA) is 46.5 Å². The Balaban J connectivity index is 2.72. The van der Waals surface area contributed by atoms with Gasteiger partial charge < -0.3 is 9.84 Å². The lowest BCUT2D eigenvalue weighted by Gasteiger charge is -2.23. The van der Waals surface area contributed by atoms with E-state index >= 15 is 0 Å². The summed E-state index contributed by atoms with van der Waals surface area (Å²) in [5, 5.41) is 9.54. The Morgan fingerprint density at radius 1 is 1.33 bits per heavy atom. The van der Waals surface area contributed by atoms with Gasteiger partial charge in [0.15, 0.2) is 0 Å². The molecule has 0 saturated heterocycles. The van der Waals surface area contributed by atoms with Crippen molar-refractivity contribution < 1.29 is 14.6 Å². The van der Waals surface area contributed by atoms with Crippen LogP contribution in [0.4, 0.5) is 0 Å². The Bertz CT molecular complexity index is 429. The standard InChI is InChI=1S/C14H19ClO3/c1-9-5-11(6-10(2)13(9)15)18-8-14(3,4)7-12(16)17/h5-6H,7-8H2,1-4H3,(H,16,17). The van der Waals surface area contributed by atoms with E-state index in [0.29, 0.717) is 6.61 Å². The summed E-state index contributed by atoms with van der Waals surface area (Å²) in [5.41, 5.74) is 1.53. The van der Waals surface area contributed by atoms with Crippen molar-refractivity contribution in [3.8, 4) is 5.75 Å². The Morgan fingerprint density at radius 3 is 2.28 bits per heavy atom. The fourth-order valence-corrected chi connectivity index (χ4v) is 1.84. The van der Waals surface area contributed by atoms with Gasteiger partial charge in [-0.25, -0.2) is 0 Å². The van der Waals surface area contributed by atoms with Crippen LogP contribution in [0.5, 0.6) is 5.75 Å². The van der Waals surface area contributed by atoms with Gasteiger partial charge in [0.1, 0.15) is 5.75 Å². The van der Waals surface area contributed by atoms with Crippen LogP contribution >= 0.6 is 11.6 Å². The number of carboxylic acid groups (broad SMARTS) is 1. The van der Waals surface area contributed by atoms with E-state index in [9.17, 15) is 4.79 Å². The largest absolute Gasteiger partial charge is 0.493 e. The summed E-state index contributed by atoms with van der Waals surface area (Å²) in [6.07, 6.45) is 0.0819. The molecule has 0 amide bonds. The second-order valence-electron chi connectivity index (χ2n) is 5.39. The molecular formula is C14H19ClO3. The molecule has 100 valence electrons. The summed E-state index contributed by atoms with van der Waals surface area (Å²) in [5.74, 6) is -0.0834. The van der Waals surface area contributed by atoms with Crippen LogP contribution in [0.15, 0.2) is 12.1 Å². The molecule has 0 aliphatic rings. The Kier molecular flexibility index (Phi) is 4.63. The minimum Gasteiger partial charge on any atom is -0.493 e. The maximum Gasteiger partial charge on any atom is 0.304 e. The van der Waals surface area contributed by atoms with Crippen molar-refractivity contribution in [1.82, 2.24) is 0 Å². The molecule has 0 aliphatic carbocycles. The summed E-state index contributed by atoms with van der Waals surface area (Å²) in [4.78, 5) is 10.7. The zero-order chi connectivity index (χ0) is 13.9. The molecular weight excluding hydrogens is 252 g/mol. The van der Waals surface area contributed by atoms with Crippen LogP contribution in [-0.4, -0.2) is 17.7 Å². The summed E-state index contributed by atoms with van der Waals surface area (Å²) in [6, 6.07) is 3.73. The third-order valence-corrected chi connectivity index (χ3v) is 3.27. The molecule has 1 aromatic rings. The van der Waals surface area contributed by atoms with Crippen LogP contribution in [-0.2, 0) is 4.79 Å². The van der Waals surface area contributed by atoms with Crippen LogP contribution in [0.2, 0.25) is 5.02 Å². The Morgan fingerprint density at radius 2 is 1.83 bits per heavy atom. The molecule has 3 nitrogen and oxygen atoms in total. The van der Waals surface area contributed by atoms with Crippen molar-refractivity contribution in [2.75, 3.05) is 6.61 Å². The molecule has 0 radical (unpaired) electrons. The van der Waals surface area contributed by atoms with Gasteiger partial charge in [-0.2, -0.15) is 0 Å². The first kappa shape index (κ1) is 14.8. The van der Waals surface area contributed by atoms with E-state index in [4.69, 9.17) is 21.4 Å². The minimum atomic E-state index is -0.813. The molecule has 0 saturated carbocycles. The fourth-order valence-electron chi connectivity index (χ4n) is 1.73. The molecule has 1 N–H and O–H groups in total. The van der Waals surface area contributed by atoms with E-state index in [2.05, 4.69) is 0 Å². The molecule has 0 atom stereocenters. The van der Waals surface area contributed by atoms with Gasteiger partial charge in [0.05, 0.1) is 13.0 Å². The van der Waals surface area contributed by atoms with Gasteiger partial charge >= 0.3 is 5.97 Å². The summed E-state index contributed by atoms with van der Waals surface area (Å²) in [6.45, 7) is 7.95. The fraction of sp³-hybridized carbons (Fsp3) is 0.500. The molecule has 18 heavy (non-hydrogen) atoms. The lowest BCUT2D eigenvalue weighted by molar-refractivity contribution is -0.139. The van der Waals surface area contributed by atoms with Gasteiger partial charge in [0.2, 0.25) is 0 Å². The van der Waals surface area contributed by atoms with Gasteiger partial charge in [0, 0.05) is 10.4 Å². The number of rotatable bonds is 5. The van der Waals surface area contributed by atoms with Crippen molar-refractivity contribution in [1.29, 1.82) is 0 Å². The van der Waals surface area contributed by atoms with Crippen molar-refractivity contribution in [3.05, 3.63) is 28.3 Å². The normalized spacial score (nSPS) is 11.4. The quantitative estimate of drug-likeness (QED) is 0.884. The van der Waals surface area contributed by atoms with E-state index in [1.807, 2.05) is 39.8 Å². The predicted octanol–water partition coefficient (Wildman–Crippen LogP) is 3.84. The second kappa shape index (κ2) is 5.61. The second-order valence-corrected chi connectivity index (χ2v) is 5.77. The lowest BCUT2D eigenvalue weighted by atomic mass is 9.90. The average Bonchev–Trinajstić information content (AvgIpc) is 2.21. The summed E-state index contributed by atoms with van der Waals surface area (Å²) in [7, 11) is 0. The first-order chi connectivity index (χ1) is 8.21. The first-order valence-corrected chi connectivity index (χ1v) is 6.20. The highest BCUT2D eigenvalue weighted by molar-refractivity contribution is 6.32. The highest BCUT2D eigenvalue weighted by Crippen LogP contribution is 2.28. The Labute approximate surface area is 113 Å². The average molecular weight is 271 g/mol. The van der Waals surface area contributed by atoms with Crippen molar-refractivity contribution in [2.45, 2.75) is 34.1 Å². The first-order valence-electron chi connectivity index (χ1n) is 5.82. The minimum absolute atomic E-state index is 0.0819. The van der Waals surface area contributed by atoms with E-state index in [1.54, 1.807) is 0 Å². The lowest BCUT2D eigenvalue weighted by Crippen LogP contribution is -2.24. The third-order valence-electron chi connectivity index (χ3n) is 2.67. The van der Waals surface area contributed by atoms with Crippen LogP contribution in [0.1, 0.15) is 31.4 Å². The van der Waals surface area contributed by atoms with Gasteiger partial charge in [-0.3, -0.25) is 4.79 Å². The van der Waals surface area contributed by atoms with Gasteiger partial charge in [-0.15, -0.1) is 0 Å². The van der Waals surface area contributed by atoms with Gasteiger partial charge in [-0.05, 0) is 37.1 Å². The van der Waals surface area contributed by atoms with Crippen molar-refractivity contribution in [3.63, 3.8) is 0 Å². The van der Waals surface area contributed by atoms with Crippen LogP contribution in [0.25, 0.3) is 0 Å². The number of benzene rings is 1. The molecule has 0 aromatic heterocycles. The maximum absolute atomic E-state index is 10.7. The molecule has 0 fully saturated rings. The summed E-state index contributed by atoms with van der Waals surface area (Å²) >= 11 is 6.08. The Hall–Kier alpha value is -1.22. The van der Waals surface area contributed by atoms with Crippen LogP contribution < -0.4 is 4.74 Å². The molecule has 0 aliphatic heterocycles. The monoisotopic (exact) mass is 270 g/mol. The number of hydrogen-bond acceptors (Lipinski definition) is 2. The zero-order valence-corrected chi connectivity index (χ0v) is 12.0. The number of ether oxygens (including phenoxy) is 1. The molecule has 0 heterocycles. The maximum atomic E-state index is 10.7. The number of aliphatic carboxylic acids is 1. The SMILES string of the molecule is Cc1cc(OCC(C)(C)CC(=O)O)cc(C)c1Cl. The zero-order valence-electron chi connectivity index (χ0n) is 11.2. The van der Waals surface area contributed by atoms with Crippen LogP contribution in [0, 0.1) is 19.3 Å². The number of hydrogen-bond donors (Lipinski definition) is 1. The van der Waals surface area contributed by atoms with Crippen LogP contribution in [0.3, 0.4) is 0 Å². The molecule has 1 rings (SSSR count). The number of aryl methyl sites for hydroxylation is 2. The molecule has 4 heteroatoms. The van der Waals surface area contributed by atoms with E-state index in [-0.39, 0.29) is 6.42 Å². The molecule has 0 spiro atoms. The predicted molar refractivity (Wildman–Crippen MR) is 72.5 cm³/mol. The van der Waals surface area contributed by atoms with Gasteiger partial charge in [0.25, 0.3) is 0 Å². The van der Waals surface area contributed by atoms with E-state index in [1.165, 1.54) is 0 Å². The van der Waals surface area contributed by atoms with Crippen molar-refractivity contribution in [2.24, 2.45) is 5.41 Å².